The summed E-state index contributed by atoms with van der Waals surface area (Å²) in [6, 6.07) is 10.9. The molecule has 1 aliphatic rings. The molecule has 1 aliphatic heterocycles. The molecule has 1 atom stereocenters. The van der Waals surface area contributed by atoms with Gasteiger partial charge < -0.3 is 4.43 Å². The fourth-order valence-electron chi connectivity index (χ4n) is 3.45. The third-order valence-electron chi connectivity index (χ3n) is 4.92. The molecule has 2 nitrogen and oxygen atoms in total. The first kappa shape index (κ1) is 16.7. The zero-order chi connectivity index (χ0) is 15.1. The van der Waals surface area contributed by atoms with E-state index in [0.717, 1.165) is 6.54 Å². The second kappa shape index (κ2) is 8.11. The van der Waals surface area contributed by atoms with E-state index in [0.29, 0.717) is 5.67 Å². The van der Waals surface area contributed by atoms with Crippen LogP contribution in [-0.4, -0.2) is 32.5 Å². The fourth-order valence-corrected chi connectivity index (χ4v) is 5.72. The van der Waals surface area contributed by atoms with Crippen molar-refractivity contribution < 1.29 is 4.43 Å². The Bertz CT molecular complexity index is 407. The minimum atomic E-state index is -1.64. The largest absolute Gasteiger partial charge is 0.419 e. The summed E-state index contributed by atoms with van der Waals surface area (Å²) in [4.78, 5) is 2.72. The van der Waals surface area contributed by atoms with E-state index in [-0.39, 0.29) is 0 Å². The Morgan fingerprint density at radius 1 is 1.05 bits per heavy atom. The number of rotatable bonds is 4. The molecule has 0 saturated carbocycles. The van der Waals surface area contributed by atoms with Crippen LogP contribution in [0.15, 0.2) is 30.3 Å². The maximum absolute atomic E-state index is 5.98. The highest BCUT2D eigenvalue weighted by Crippen LogP contribution is 2.26. The predicted octanol–water partition coefficient (Wildman–Crippen LogP) is 4.60. The van der Waals surface area contributed by atoms with Crippen molar-refractivity contribution in [3.05, 3.63) is 35.9 Å². The molecule has 3 heteroatoms. The van der Waals surface area contributed by atoms with Crippen molar-refractivity contribution in [3.63, 3.8) is 0 Å². The topological polar surface area (TPSA) is 12.5 Å². The molecule has 0 aliphatic carbocycles. The minimum absolute atomic E-state index is 0.640. The molecule has 2 rings (SSSR count). The number of benzene rings is 1. The van der Waals surface area contributed by atoms with Gasteiger partial charge >= 0.3 is 0 Å². The highest BCUT2D eigenvalue weighted by Gasteiger charge is 2.36. The smallest absolute Gasteiger partial charge is 0.202 e. The quantitative estimate of drug-likeness (QED) is 0.754. The molecule has 0 N–H and O–H groups in total. The van der Waals surface area contributed by atoms with Crippen molar-refractivity contribution in [1.29, 1.82) is 0 Å². The highest BCUT2D eigenvalue weighted by atomic mass is 28.4. The van der Waals surface area contributed by atoms with Gasteiger partial charge in [-0.3, -0.25) is 4.90 Å². The molecule has 0 aromatic heterocycles. The summed E-state index contributed by atoms with van der Waals surface area (Å²) >= 11 is 0. The fraction of sp³-hybridized carbons (Fsp3) is 0.667. The Morgan fingerprint density at radius 2 is 1.71 bits per heavy atom. The van der Waals surface area contributed by atoms with Crippen molar-refractivity contribution in [2.75, 3.05) is 13.7 Å². The van der Waals surface area contributed by atoms with Gasteiger partial charge in [0.05, 0.1) is 0 Å². The van der Waals surface area contributed by atoms with Gasteiger partial charge in [0.1, 0.15) is 0 Å². The molecule has 1 heterocycles. The molecular formula is C18H31NOSi. The Hall–Kier alpha value is -0.643. The van der Waals surface area contributed by atoms with Crippen LogP contribution in [0.1, 0.15) is 44.1 Å². The molecule has 118 valence electrons. The molecule has 21 heavy (non-hydrogen) atoms. The van der Waals surface area contributed by atoms with Crippen molar-refractivity contribution in [2.45, 2.75) is 63.8 Å². The Labute approximate surface area is 131 Å². The van der Waals surface area contributed by atoms with E-state index < -0.39 is 8.32 Å². The van der Waals surface area contributed by atoms with E-state index in [4.69, 9.17) is 4.43 Å². The van der Waals surface area contributed by atoms with Crippen LogP contribution in [0.25, 0.3) is 0 Å². The van der Waals surface area contributed by atoms with Gasteiger partial charge in [0, 0.05) is 19.3 Å². The van der Waals surface area contributed by atoms with Crippen LogP contribution in [0.5, 0.6) is 0 Å². The van der Waals surface area contributed by atoms with Gasteiger partial charge in [-0.15, -0.1) is 0 Å². The molecule has 0 amide bonds. The van der Waals surface area contributed by atoms with Crippen LogP contribution in [-0.2, 0) is 11.0 Å². The van der Waals surface area contributed by atoms with E-state index in [2.05, 4.69) is 48.3 Å². The highest BCUT2D eigenvalue weighted by molar-refractivity contribution is 6.72. The average molecular weight is 306 g/mol. The van der Waals surface area contributed by atoms with Crippen LogP contribution in [0.3, 0.4) is 0 Å². The molecule has 0 radical (unpaired) electrons. The van der Waals surface area contributed by atoms with E-state index in [1.54, 1.807) is 0 Å². The summed E-state index contributed by atoms with van der Waals surface area (Å²) in [6.07, 6.45) is 8.17. The molecule has 1 fully saturated rings. The first-order valence-electron chi connectivity index (χ1n) is 8.46. The maximum Gasteiger partial charge on any atom is 0.202 e. The summed E-state index contributed by atoms with van der Waals surface area (Å²) in [6.45, 7) is 7.06. The van der Waals surface area contributed by atoms with Gasteiger partial charge in [0.15, 0.2) is 0 Å². The monoisotopic (exact) mass is 305 g/mol. The normalized spacial score (nSPS) is 22.3. The zero-order valence-corrected chi connectivity index (χ0v) is 15.0. The third-order valence-corrected chi connectivity index (χ3v) is 8.23. The van der Waals surface area contributed by atoms with Crippen LogP contribution in [0.4, 0.5) is 0 Å². The first-order valence-corrected chi connectivity index (χ1v) is 11.4. The zero-order valence-electron chi connectivity index (χ0n) is 14.0. The third kappa shape index (κ3) is 4.94. The van der Waals surface area contributed by atoms with Crippen LogP contribution in [0, 0.1) is 0 Å². The number of hydrogen-bond acceptors (Lipinski definition) is 2. The number of nitrogens with zero attached hydrogens (tertiary/aromatic N) is 1. The maximum atomic E-state index is 5.98. The summed E-state index contributed by atoms with van der Waals surface area (Å²) < 4.78 is 5.98. The second-order valence-electron chi connectivity index (χ2n) is 6.84. The molecule has 1 unspecified atom stereocenters. The molecular weight excluding hydrogens is 274 g/mol. The lowest BCUT2D eigenvalue weighted by Crippen LogP contribution is -2.54. The molecule has 1 aromatic carbocycles. The summed E-state index contributed by atoms with van der Waals surface area (Å²) in [5.74, 6) is 0. The van der Waals surface area contributed by atoms with Gasteiger partial charge in [0.2, 0.25) is 8.32 Å². The first-order chi connectivity index (χ1) is 10.1. The van der Waals surface area contributed by atoms with Gasteiger partial charge in [-0.05, 0) is 38.0 Å². The molecule has 0 bridgehead atoms. The summed E-state index contributed by atoms with van der Waals surface area (Å²) in [5.41, 5.74) is 2.07. The van der Waals surface area contributed by atoms with E-state index in [1.807, 2.05) is 7.11 Å². The average Bonchev–Trinajstić information content (AvgIpc) is 2.61. The van der Waals surface area contributed by atoms with Crippen LogP contribution >= 0.6 is 0 Å². The molecule has 1 saturated heterocycles. The van der Waals surface area contributed by atoms with Crippen LogP contribution in [0.2, 0.25) is 13.1 Å². The lowest BCUT2D eigenvalue weighted by atomic mass is 10.1. The van der Waals surface area contributed by atoms with E-state index in [1.165, 1.54) is 50.6 Å². The van der Waals surface area contributed by atoms with Crippen molar-refractivity contribution >= 4 is 8.32 Å². The van der Waals surface area contributed by atoms with Crippen molar-refractivity contribution in [2.24, 2.45) is 0 Å². The minimum Gasteiger partial charge on any atom is -0.419 e. The van der Waals surface area contributed by atoms with Crippen LogP contribution < -0.4 is 0 Å². The number of hydrogen-bond donors (Lipinski definition) is 0. The summed E-state index contributed by atoms with van der Waals surface area (Å²) in [7, 11) is 0.272. The van der Waals surface area contributed by atoms with Gasteiger partial charge in [-0.1, -0.05) is 56.0 Å². The lowest BCUT2D eigenvalue weighted by molar-refractivity contribution is 0.201. The molecule has 1 aromatic rings. The second-order valence-corrected chi connectivity index (χ2v) is 11.1. The van der Waals surface area contributed by atoms with E-state index >= 15 is 0 Å². The van der Waals surface area contributed by atoms with Crippen molar-refractivity contribution in [3.8, 4) is 0 Å². The SMILES string of the molecule is CO[Si](C)(C)C1CCCCCCCN1Cc1ccccc1. The Kier molecular flexibility index (Phi) is 6.46. The Balaban J connectivity index is 2.16. The van der Waals surface area contributed by atoms with Gasteiger partial charge in [-0.2, -0.15) is 0 Å². The Morgan fingerprint density at radius 3 is 2.43 bits per heavy atom. The molecule has 0 spiro atoms. The predicted molar refractivity (Wildman–Crippen MR) is 92.8 cm³/mol. The lowest BCUT2D eigenvalue weighted by Gasteiger charge is -2.40. The summed E-state index contributed by atoms with van der Waals surface area (Å²) in [5, 5.41) is 0. The van der Waals surface area contributed by atoms with E-state index in [9.17, 15) is 0 Å². The van der Waals surface area contributed by atoms with Crippen molar-refractivity contribution in [1.82, 2.24) is 4.90 Å². The van der Waals surface area contributed by atoms with Gasteiger partial charge in [0.25, 0.3) is 0 Å². The standard InChI is InChI=1S/C18H31NOSi/c1-20-21(2,3)18-14-10-5-4-6-11-15-19(18)16-17-12-8-7-9-13-17/h7-9,12-13,18H,4-6,10-11,14-16H2,1-3H3. The van der Waals surface area contributed by atoms with Gasteiger partial charge in [-0.25, -0.2) is 0 Å².